The Morgan fingerprint density at radius 1 is 1.29 bits per heavy atom. The Labute approximate surface area is 105 Å². The highest BCUT2D eigenvalue weighted by Crippen LogP contribution is 2.23. The van der Waals surface area contributed by atoms with Crippen LogP contribution in [0, 0.1) is 13.8 Å². The third-order valence-corrected chi connectivity index (χ3v) is 3.78. The summed E-state index contributed by atoms with van der Waals surface area (Å²) in [4.78, 5) is 2.45. The van der Waals surface area contributed by atoms with Crippen LogP contribution in [0.2, 0.25) is 0 Å². The van der Waals surface area contributed by atoms with Gasteiger partial charge in [0.1, 0.15) is 5.75 Å². The van der Waals surface area contributed by atoms with Crippen molar-refractivity contribution >= 4 is 0 Å². The Morgan fingerprint density at radius 2 is 2.00 bits per heavy atom. The number of hydrogen-bond donors (Lipinski definition) is 0. The molecule has 0 saturated carbocycles. The number of aryl methyl sites for hydroxylation is 2. The van der Waals surface area contributed by atoms with Gasteiger partial charge in [-0.3, -0.25) is 0 Å². The maximum atomic E-state index is 5.95. The van der Waals surface area contributed by atoms with Crippen molar-refractivity contribution in [2.45, 2.75) is 39.2 Å². The molecule has 0 aliphatic carbocycles. The van der Waals surface area contributed by atoms with Crippen LogP contribution in [-0.4, -0.2) is 31.1 Å². The minimum Gasteiger partial charge on any atom is -0.493 e. The van der Waals surface area contributed by atoms with Gasteiger partial charge < -0.3 is 9.64 Å². The molecule has 1 aromatic rings. The van der Waals surface area contributed by atoms with E-state index in [0.717, 1.165) is 24.8 Å². The van der Waals surface area contributed by atoms with Gasteiger partial charge in [0.05, 0.1) is 6.61 Å². The van der Waals surface area contributed by atoms with Gasteiger partial charge >= 0.3 is 0 Å². The second-order valence-electron chi connectivity index (χ2n) is 5.13. The summed E-state index contributed by atoms with van der Waals surface area (Å²) in [6.07, 6.45) is 3.81. The van der Waals surface area contributed by atoms with Gasteiger partial charge in [0.25, 0.3) is 0 Å². The predicted octanol–water partition coefficient (Wildman–Crippen LogP) is 3.17. The number of rotatable bonds is 4. The third kappa shape index (κ3) is 3.01. The van der Waals surface area contributed by atoms with Crippen LogP contribution in [-0.2, 0) is 0 Å². The molecule has 1 heterocycles. The average molecular weight is 233 g/mol. The van der Waals surface area contributed by atoms with Crippen LogP contribution in [0.5, 0.6) is 5.75 Å². The van der Waals surface area contributed by atoms with E-state index in [2.05, 4.69) is 44.0 Å². The smallest absolute Gasteiger partial charge is 0.125 e. The molecule has 94 valence electrons. The van der Waals surface area contributed by atoms with E-state index in [-0.39, 0.29) is 0 Å². The maximum absolute atomic E-state index is 5.95. The van der Waals surface area contributed by atoms with Crippen LogP contribution in [0.3, 0.4) is 0 Å². The Balaban J connectivity index is 1.86. The van der Waals surface area contributed by atoms with Crippen molar-refractivity contribution in [3.8, 4) is 5.75 Å². The van der Waals surface area contributed by atoms with Crippen LogP contribution in [0.25, 0.3) is 0 Å². The van der Waals surface area contributed by atoms with Gasteiger partial charge in [-0.2, -0.15) is 0 Å². The molecule has 2 heteroatoms. The summed E-state index contributed by atoms with van der Waals surface area (Å²) in [7, 11) is 2.22. The van der Waals surface area contributed by atoms with E-state index >= 15 is 0 Å². The zero-order valence-electron chi connectivity index (χ0n) is 11.2. The summed E-state index contributed by atoms with van der Waals surface area (Å²) in [5.41, 5.74) is 2.48. The van der Waals surface area contributed by atoms with E-state index in [9.17, 15) is 0 Å². The molecule has 0 spiro atoms. The van der Waals surface area contributed by atoms with Gasteiger partial charge in [-0.25, -0.2) is 0 Å². The summed E-state index contributed by atoms with van der Waals surface area (Å²) in [5, 5.41) is 0. The number of para-hydroxylation sites is 1. The highest BCUT2D eigenvalue weighted by atomic mass is 16.5. The van der Waals surface area contributed by atoms with Crippen LogP contribution in [0.4, 0.5) is 0 Å². The van der Waals surface area contributed by atoms with Crippen LogP contribution < -0.4 is 4.74 Å². The zero-order chi connectivity index (χ0) is 12.3. The van der Waals surface area contributed by atoms with Gasteiger partial charge in [0.15, 0.2) is 0 Å². The third-order valence-electron chi connectivity index (χ3n) is 3.78. The summed E-state index contributed by atoms with van der Waals surface area (Å²) < 4.78 is 5.95. The Hall–Kier alpha value is -1.02. The Bertz CT molecular complexity index is 355. The zero-order valence-corrected chi connectivity index (χ0v) is 11.2. The van der Waals surface area contributed by atoms with E-state index in [1.165, 1.54) is 30.5 Å². The van der Waals surface area contributed by atoms with E-state index in [0.29, 0.717) is 0 Å². The molecule has 0 amide bonds. The van der Waals surface area contributed by atoms with Crippen molar-refractivity contribution in [1.29, 1.82) is 0 Å². The minimum absolute atomic E-state index is 0.722. The second kappa shape index (κ2) is 5.54. The van der Waals surface area contributed by atoms with Gasteiger partial charge in [-0.1, -0.05) is 18.2 Å². The second-order valence-corrected chi connectivity index (χ2v) is 5.13. The first-order valence-electron chi connectivity index (χ1n) is 6.57. The number of hydrogen-bond acceptors (Lipinski definition) is 2. The lowest BCUT2D eigenvalue weighted by atomic mass is 10.1. The van der Waals surface area contributed by atoms with E-state index in [4.69, 9.17) is 4.74 Å². The lowest BCUT2D eigenvalue weighted by molar-refractivity contribution is 0.232. The maximum Gasteiger partial charge on any atom is 0.125 e. The summed E-state index contributed by atoms with van der Waals surface area (Å²) in [6, 6.07) is 7.04. The number of likely N-dealkylation sites (tertiary alicyclic amines) is 1. The number of ether oxygens (including phenoxy) is 1. The van der Waals surface area contributed by atoms with Gasteiger partial charge in [0.2, 0.25) is 0 Å². The molecule has 2 rings (SSSR count). The lowest BCUT2D eigenvalue weighted by Gasteiger charge is -2.20. The molecule has 0 radical (unpaired) electrons. The van der Waals surface area contributed by atoms with Gasteiger partial charge in [-0.15, -0.1) is 0 Å². The van der Waals surface area contributed by atoms with Crippen molar-refractivity contribution in [3.05, 3.63) is 29.3 Å². The molecule has 0 bridgehead atoms. The molecule has 1 fully saturated rings. The highest BCUT2D eigenvalue weighted by Gasteiger charge is 2.20. The fourth-order valence-electron chi connectivity index (χ4n) is 2.67. The van der Waals surface area contributed by atoms with Crippen LogP contribution >= 0.6 is 0 Å². The normalized spacial score (nSPS) is 20.8. The molecule has 1 aromatic carbocycles. The quantitative estimate of drug-likeness (QED) is 0.792. The highest BCUT2D eigenvalue weighted by molar-refractivity contribution is 5.39. The molecule has 17 heavy (non-hydrogen) atoms. The van der Waals surface area contributed by atoms with E-state index < -0.39 is 0 Å². The molecule has 1 aliphatic rings. The fourth-order valence-corrected chi connectivity index (χ4v) is 2.67. The number of nitrogens with zero attached hydrogens (tertiary/aromatic N) is 1. The summed E-state index contributed by atoms with van der Waals surface area (Å²) >= 11 is 0. The molecule has 2 nitrogen and oxygen atoms in total. The summed E-state index contributed by atoms with van der Waals surface area (Å²) in [6.45, 7) is 6.31. The molecule has 1 aliphatic heterocycles. The van der Waals surface area contributed by atoms with Gasteiger partial charge in [-0.05, 0) is 57.8 Å². The van der Waals surface area contributed by atoms with E-state index in [1.54, 1.807) is 0 Å². The van der Waals surface area contributed by atoms with Crippen LogP contribution in [0.15, 0.2) is 18.2 Å². The lowest BCUT2D eigenvalue weighted by Crippen LogP contribution is -2.26. The van der Waals surface area contributed by atoms with Crippen LogP contribution in [0.1, 0.15) is 30.4 Å². The molecule has 1 atom stereocenters. The van der Waals surface area contributed by atoms with Crippen molar-refractivity contribution in [1.82, 2.24) is 4.90 Å². The molecule has 0 unspecified atom stereocenters. The Morgan fingerprint density at radius 3 is 2.59 bits per heavy atom. The summed E-state index contributed by atoms with van der Waals surface area (Å²) in [5.74, 6) is 1.08. The van der Waals surface area contributed by atoms with Crippen molar-refractivity contribution in [2.75, 3.05) is 20.2 Å². The predicted molar refractivity (Wildman–Crippen MR) is 71.7 cm³/mol. The first kappa shape index (κ1) is 12.4. The van der Waals surface area contributed by atoms with Gasteiger partial charge in [0, 0.05) is 6.04 Å². The standard InChI is InChI=1S/C15H23NO/c1-12-6-4-7-13(2)15(12)17-11-9-14-8-5-10-16(14)3/h4,6-7,14H,5,8-11H2,1-3H3/t14-/m0/s1. The molecule has 0 N–H and O–H groups in total. The number of benzene rings is 1. The molecular formula is C15H23NO. The first-order valence-corrected chi connectivity index (χ1v) is 6.57. The SMILES string of the molecule is Cc1cccc(C)c1OCC[C@@H]1CCCN1C. The fraction of sp³-hybridized carbons (Fsp3) is 0.600. The monoisotopic (exact) mass is 233 g/mol. The largest absolute Gasteiger partial charge is 0.493 e. The molecule has 0 aromatic heterocycles. The minimum atomic E-state index is 0.722. The van der Waals surface area contributed by atoms with E-state index in [1.807, 2.05) is 0 Å². The first-order chi connectivity index (χ1) is 8.18. The average Bonchev–Trinajstić information content (AvgIpc) is 2.69. The molecular weight excluding hydrogens is 210 g/mol. The van der Waals surface area contributed by atoms with Crippen molar-refractivity contribution in [3.63, 3.8) is 0 Å². The Kier molecular flexibility index (Phi) is 4.06. The molecule has 1 saturated heterocycles. The van der Waals surface area contributed by atoms with Crippen molar-refractivity contribution < 1.29 is 4.74 Å². The van der Waals surface area contributed by atoms with Crippen molar-refractivity contribution in [2.24, 2.45) is 0 Å². The topological polar surface area (TPSA) is 12.5 Å².